The monoisotopic (exact) mass is 149 g/mol. The van der Waals surface area contributed by atoms with Gasteiger partial charge < -0.3 is 10.5 Å². The molecule has 9 heavy (non-hydrogen) atoms. The highest BCUT2D eigenvalue weighted by atomic mass is 35.5. The fraction of sp³-hybridized carbons (Fsp3) is 1.00. The summed E-state index contributed by atoms with van der Waals surface area (Å²) in [6.45, 7) is 0.922. The average molecular weight is 150 g/mol. The van der Waals surface area contributed by atoms with Crippen LogP contribution < -0.4 is 5.73 Å². The summed E-state index contributed by atoms with van der Waals surface area (Å²) in [5, 5.41) is 0. The van der Waals surface area contributed by atoms with Crippen molar-refractivity contribution in [2.45, 2.75) is 25.0 Å². The summed E-state index contributed by atoms with van der Waals surface area (Å²) >= 11 is 0. The lowest BCUT2D eigenvalue weighted by Crippen LogP contribution is -2.30. The van der Waals surface area contributed by atoms with Crippen LogP contribution in [-0.4, -0.2) is 18.8 Å². The summed E-state index contributed by atoms with van der Waals surface area (Å²) in [4.78, 5) is 0. The highest BCUT2D eigenvalue weighted by Gasteiger charge is 2.38. The van der Waals surface area contributed by atoms with E-state index in [0.717, 1.165) is 13.0 Å². The van der Waals surface area contributed by atoms with Crippen LogP contribution in [0.25, 0.3) is 0 Å². The van der Waals surface area contributed by atoms with Crippen LogP contribution >= 0.6 is 12.4 Å². The molecule has 0 aromatic carbocycles. The van der Waals surface area contributed by atoms with Crippen molar-refractivity contribution in [2.24, 2.45) is 11.7 Å². The minimum Gasteiger partial charge on any atom is -0.378 e. The van der Waals surface area contributed by atoms with E-state index in [1.807, 2.05) is 0 Å². The molecular weight excluding hydrogens is 138 g/mol. The normalized spacial score (nSPS) is 47.0. The topological polar surface area (TPSA) is 35.2 Å². The van der Waals surface area contributed by atoms with Crippen molar-refractivity contribution < 1.29 is 4.74 Å². The predicted octanol–water partition coefficient (Wildman–Crippen LogP) is 0.544. The maximum absolute atomic E-state index is 5.74. The molecule has 2 rings (SSSR count). The van der Waals surface area contributed by atoms with Crippen LogP contribution in [-0.2, 0) is 4.74 Å². The fourth-order valence-corrected chi connectivity index (χ4v) is 1.69. The molecule has 2 fully saturated rings. The quantitative estimate of drug-likeness (QED) is 0.546. The smallest absolute Gasteiger partial charge is 0.0594 e. The van der Waals surface area contributed by atoms with E-state index in [9.17, 15) is 0 Å². The van der Waals surface area contributed by atoms with Crippen LogP contribution in [0, 0.1) is 5.92 Å². The van der Waals surface area contributed by atoms with Gasteiger partial charge in [0.25, 0.3) is 0 Å². The molecule has 1 aliphatic carbocycles. The molecule has 2 nitrogen and oxygen atoms in total. The highest BCUT2D eigenvalue weighted by molar-refractivity contribution is 5.85. The van der Waals surface area contributed by atoms with Gasteiger partial charge in [0.2, 0.25) is 0 Å². The Labute approximate surface area is 61.2 Å². The summed E-state index contributed by atoms with van der Waals surface area (Å²) in [5.41, 5.74) is 5.74. The molecule has 1 saturated carbocycles. The zero-order valence-electron chi connectivity index (χ0n) is 5.25. The van der Waals surface area contributed by atoms with Crippen molar-refractivity contribution in [3.8, 4) is 0 Å². The van der Waals surface area contributed by atoms with Gasteiger partial charge in [-0.1, -0.05) is 0 Å². The Morgan fingerprint density at radius 3 is 2.33 bits per heavy atom. The van der Waals surface area contributed by atoms with Gasteiger partial charge >= 0.3 is 0 Å². The molecule has 1 aliphatic heterocycles. The summed E-state index contributed by atoms with van der Waals surface area (Å²) in [7, 11) is 0. The lowest BCUT2D eigenvalue weighted by molar-refractivity contribution is 0.0694. The van der Waals surface area contributed by atoms with Gasteiger partial charge in [-0.3, -0.25) is 0 Å². The SMILES string of the molecule is Cl.N[C@@H]1C[C@@H]2C[C@H]1CO2. The molecule has 0 aromatic heterocycles. The Hall–Kier alpha value is 0.210. The lowest BCUT2D eigenvalue weighted by Gasteiger charge is -2.16. The Bertz CT molecular complexity index is 107. The van der Waals surface area contributed by atoms with Crippen LogP contribution in [0.3, 0.4) is 0 Å². The van der Waals surface area contributed by atoms with Gasteiger partial charge in [-0.05, 0) is 18.8 Å². The fourth-order valence-electron chi connectivity index (χ4n) is 1.69. The molecule has 1 saturated heterocycles. The minimum atomic E-state index is 0. The van der Waals surface area contributed by atoms with Crippen LogP contribution in [0.4, 0.5) is 0 Å². The van der Waals surface area contributed by atoms with E-state index in [4.69, 9.17) is 10.5 Å². The van der Waals surface area contributed by atoms with Gasteiger partial charge in [-0.2, -0.15) is 0 Å². The molecule has 0 radical (unpaired) electrons. The third kappa shape index (κ3) is 1.07. The van der Waals surface area contributed by atoms with E-state index in [1.54, 1.807) is 0 Å². The number of ether oxygens (including phenoxy) is 1. The number of halogens is 1. The zero-order valence-corrected chi connectivity index (χ0v) is 6.06. The second-order valence-corrected chi connectivity index (χ2v) is 2.85. The van der Waals surface area contributed by atoms with Gasteiger partial charge in [-0.25, -0.2) is 0 Å². The summed E-state index contributed by atoms with van der Waals surface area (Å²) in [6.07, 6.45) is 2.85. The Kier molecular flexibility index (Phi) is 1.99. The summed E-state index contributed by atoms with van der Waals surface area (Å²) in [6, 6.07) is 0.453. The number of fused-ring (bicyclic) bond motifs is 2. The molecule has 3 atom stereocenters. The van der Waals surface area contributed by atoms with E-state index in [1.165, 1.54) is 6.42 Å². The van der Waals surface area contributed by atoms with Crippen molar-refractivity contribution in [2.75, 3.05) is 6.61 Å². The predicted molar refractivity (Wildman–Crippen MR) is 37.7 cm³/mol. The molecule has 2 N–H and O–H groups in total. The van der Waals surface area contributed by atoms with Crippen LogP contribution in [0.2, 0.25) is 0 Å². The van der Waals surface area contributed by atoms with Crippen molar-refractivity contribution in [3.63, 3.8) is 0 Å². The summed E-state index contributed by atoms with van der Waals surface area (Å²) < 4.78 is 5.34. The zero-order chi connectivity index (χ0) is 5.56. The molecule has 2 aliphatic rings. The van der Waals surface area contributed by atoms with Crippen LogP contribution in [0.5, 0.6) is 0 Å². The van der Waals surface area contributed by atoms with Gasteiger partial charge in [0, 0.05) is 6.04 Å². The van der Waals surface area contributed by atoms with Crippen molar-refractivity contribution in [1.29, 1.82) is 0 Å². The van der Waals surface area contributed by atoms with E-state index in [2.05, 4.69) is 0 Å². The third-order valence-corrected chi connectivity index (χ3v) is 2.25. The van der Waals surface area contributed by atoms with Crippen molar-refractivity contribution in [1.82, 2.24) is 0 Å². The maximum Gasteiger partial charge on any atom is 0.0594 e. The van der Waals surface area contributed by atoms with Gasteiger partial charge in [0.05, 0.1) is 12.7 Å². The molecule has 2 bridgehead atoms. The third-order valence-electron chi connectivity index (χ3n) is 2.25. The second kappa shape index (κ2) is 2.45. The number of rotatable bonds is 0. The molecule has 0 aromatic rings. The van der Waals surface area contributed by atoms with Gasteiger partial charge in [-0.15, -0.1) is 12.4 Å². The molecule has 3 heteroatoms. The van der Waals surface area contributed by atoms with Crippen molar-refractivity contribution >= 4 is 12.4 Å². The molecule has 0 unspecified atom stereocenters. The molecular formula is C6H12ClNO. The maximum atomic E-state index is 5.74. The van der Waals surface area contributed by atoms with E-state index < -0.39 is 0 Å². The molecule has 54 valence electrons. The van der Waals surface area contributed by atoms with Gasteiger partial charge in [0.1, 0.15) is 0 Å². The first kappa shape index (κ1) is 7.32. The van der Waals surface area contributed by atoms with E-state index in [-0.39, 0.29) is 12.4 Å². The van der Waals surface area contributed by atoms with Gasteiger partial charge in [0.15, 0.2) is 0 Å². The van der Waals surface area contributed by atoms with Crippen LogP contribution in [0.15, 0.2) is 0 Å². The lowest BCUT2D eigenvalue weighted by atomic mass is 10.1. The first-order valence-electron chi connectivity index (χ1n) is 3.23. The average Bonchev–Trinajstić information content (AvgIpc) is 2.23. The number of hydrogen-bond donors (Lipinski definition) is 1. The Morgan fingerprint density at radius 1 is 1.33 bits per heavy atom. The molecule has 0 spiro atoms. The number of hydrogen-bond acceptors (Lipinski definition) is 2. The van der Waals surface area contributed by atoms with Crippen molar-refractivity contribution in [3.05, 3.63) is 0 Å². The first-order valence-corrected chi connectivity index (χ1v) is 3.23. The molecule has 1 heterocycles. The molecule has 0 amide bonds. The minimum absolute atomic E-state index is 0. The summed E-state index contributed by atoms with van der Waals surface area (Å²) in [5.74, 6) is 0.694. The Morgan fingerprint density at radius 2 is 2.11 bits per heavy atom. The second-order valence-electron chi connectivity index (χ2n) is 2.85. The first-order chi connectivity index (χ1) is 3.86. The largest absolute Gasteiger partial charge is 0.378 e. The number of nitrogens with two attached hydrogens (primary N) is 1. The Balaban J connectivity index is 0.000000405. The standard InChI is InChI=1S/C6H11NO.ClH/c7-6-2-5-1-4(6)3-8-5;/h4-6H,1-3,7H2;1H/t4-,5-,6+;/m0./s1. The highest BCUT2D eigenvalue weighted by Crippen LogP contribution is 2.33. The van der Waals surface area contributed by atoms with Crippen LogP contribution in [0.1, 0.15) is 12.8 Å². The van der Waals surface area contributed by atoms with E-state index in [0.29, 0.717) is 18.1 Å². The van der Waals surface area contributed by atoms with E-state index >= 15 is 0 Å².